The molecule has 1 atom stereocenters. The van der Waals surface area contributed by atoms with Crippen LogP contribution in [0.25, 0.3) is 0 Å². The van der Waals surface area contributed by atoms with Gasteiger partial charge in [0.1, 0.15) is 11.9 Å². The molecular weight excluding hydrogens is 490 g/mol. The minimum absolute atomic E-state index is 0.0585. The van der Waals surface area contributed by atoms with Gasteiger partial charge in [-0.05, 0) is 54.8 Å². The zero-order chi connectivity index (χ0) is 25.8. The molecule has 12 heteroatoms. The molecule has 0 bridgehead atoms. The molecule has 1 aliphatic rings. The van der Waals surface area contributed by atoms with E-state index in [0.717, 1.165) is 28.6 Å². The van der Waals surface area contributed by atoms with Crippen molar-refractivity contribution in [1.82, 2.24) is 14.9 Å². The molecule has 0 aromatic heterocycles. The van der Waals surface area contributed by atoms with Crippen molar-refractivity contribution in [1.29, 1.82) is 0 Å². The van der Waals surface area contributed by atoms with Crippen LogP contribution in [0.3, 0.4) is 0 Å². The molecule has 1 fully saturated rings. The van der Waals surface area contributed by atoms with Gasteiger partial charge in [0.05, 0.1) is 10.5 Å². The molecule has 0 spiro atoms. The van der Waals surface area contributed by atoms with Gasteiger partial charge in [-0.2, -0.15) is 17.5 Å². The fourth-order valence-corrected chi connectivity index (χ4v) is 5.33. The first kappa shape index (κ1) is 26.6. The van der Waals surface area contributed by atoms with E-state index in [0.29, 0.717) is 5.56 Å². The summed E-state index contributed by atoms with van der Waals surface area (Å²) in [5, 5.41) is 5.35. The highest BCUT2D eigenvalue weighted by Gasteiger charge is 2.33. The number of nitrogens with zero attached hydrogens (tertiary/aromatic N) is 1. The molecule has 2 amide bonds. The van der Waals surface area contributed by atoms with Gasteiger partial charge in [-0.3, -0.25) is 9.59 Å². The van der Waals surface area contributed by atoms with Crippen LogP contribution >= 0.6 is 0 Å². The van der Waals surface area contributed by atoms with Crippen molar-refractivity contribution >= 4 is 21.8 Å². The third-order valence-electron chi connectivity index (χ3n) is 5.64. The quantitative estimate of drug-likeness (QED) is 0.555. The van der Waals surface area contributed by atoms with Gasteiger partial charge in [0.15, 0.2) is 0 Å². The SMILES string of the molecule is CC(=O)NC(Cc1cccc(F)c1)C(=O)NC1CCN(S(=O)(=O)c2ccc(C(F)(F)F)cc2)CC1. The molecule has 1 aliphatic heterocycles. The number of benzene rings is 2. The van der Waals surface area contributed by atoms with Crippen molar-refractivity contribution in [2.75, 3.05) is 13.1 Å². The monoisotopic (exact) mass is 515 g/mol. The molecule has 2 N–H and O–H groups in total. The fourth-order valence-electron chi connectivity index (χ4n) is 3.86. The van der Waals surface area contributed by atoms with Crippen LogP contribution in [-0.4, -0.2) is 49.7 Å². The molecule has 0 aliphatic carbocycles. The van der Waals surface area contributed by atoms with Crippen LogP contribution in [0.2, 0.25) is 0 Å². The Labute approximate surface area is 200 Å². The summed E-state index contributed by atoms with van der Waals surface area (Å²) in [6.07, 6.45) is -3.94. The molecule has 0 saturated carbocycles. The standard InChI is InChI=1S/C23H25F4N3O4S/c1-15(31)28-21(14-16-3-2-4-18(24)13-16)22(32)29-19-9-11-30(12-10-19)35(33,34)20-7-5-17(6-8-20)23(25,26)27/h2-8,13,19,21H,9-12,14H2,1H3,(H,28,31)(H,29,32). The largest absolute Gasteiger partial charge is 0.416 e. The lowest BCUT2D eigenvalue weighted by molar-refractivity contribution is -0.137. The lowest BCUT2D eigenvalue weighted by Gasteiger charge is -2.32. The number of piperidine rings is 1. The third kappa shape index (κ3) is 7.01. The summed E-state index contributed by atoms with van der Waals surface area (Å²) < 4.78 is 78.5. The van der Waals surface area contributed by atoms with Gasteiger partial charge in [0.2, 0.25) is 21.8 Å². The van der Waals surface area contributed by atoms with Crippen molar-refractivity contribution in [3.05, 3.63) is 65.5 Å². The Morgan fingerprint density at radius 3 is 2.26 bits per heavy atom. The number of hydrogen-bond acceptors (Lipinski definition) is 4. The molecule has 1 saturated heterocycles. The molecule has 2 aromatic rings. The van der Waals surface area contributed by atoms with E-state index in [2.05, 4.69) is 10.6 Å². The first-order chi connectivity index (χ1) is 16.4. The van der Waals surface area contributed by atoms with E-state index in [-0.39, 0.29) is 43.3 Å². The first-order valence-corrected chi connectivity index (χ1v) is 12.3. The maximum absolute atomic E-state index is 13.5. The maximum Gasteiger partial charge on any atom is 0.416 e. The Bertz CT molecular complexity index is 1160. The van der Waals surface area contributed by atoms with E-state index >= 15 is 0 Å². The van der Waals surface area contributed by atoms with E-state index in [1.807, 2.05) is 0 Å². The molecule has 2 aromatic carbocycles. The molecule has 35 heavy (non-hydrogen) atoms. The molecule has 190 valence electrons. The second-order valence-electron chi connectivity index (χ2n) is 8.30. The fraction of sp³-hybridized carbons (Fsp3) is 0.391. The number of alkyl halides is 3. The number of sulfonamides is 1. The molecule has 1 heterocycles. The van der Waals surface area contributed by atoms with E-state index in [1.165, 1.54) is 25.1 Å². The Morgan fingerprint density at radius 1 is 1.09 bits per heavy atom. The summed E-state index contributed by atoms with van der Waals surface area (Å²) in [5.74, 6) is -1.38. The van der Waals surface area contributed by atoms with Crippen molar-refractivity contribution in [2.24, 2.45) is 0 Å². The molecule has 0 radical (unpaired) electrons. The number of hydrogen-bond donors (Lipinski definition) is 2. The van der Waals surface area contributed by atoms with Crippen LogP contribution in [0.4, 0.5) is 17.6 Å². The predicted molar refractivity (Wildman–Crippen MR) is 119 cm³/mol. The normalized spacial score (nSPS) is 16.5. The van der Waals surface area contributed by atoms with Gasteiger partial charge in [0.25, 0.3) is 0 Å². The number of carbonyl (C=O) groups is 2. The zero-order valence-corrected chi connectivity index (χ0v) is 19.6. The summed E-state index contributed by atoms with van der Waals surface area (Å²) in [6, 6.07) is 7.66. The summed E-state index contributed by atoms with van der Waals surface area (Å²) in [5.41, 5.74) is -0.416. The molecule has 3 rings (SSSR count). The third-order valence-corrected chi connectivity index (χ3v) is 7.56. The Balaban J connectivity index is 1.60. The molecular formula is C23H25F4N3O4S. The average molecular weight is 516 g/mol. The summed E-state index contributed by atoms with van der Waals surface area (Å²) in [7, 11) is -3.99. The van der Waals surface area contributed by atoms with Gasteiger partial charge >= 0.3 is 6.18 Å². The second-order valence-corrected chi connectivity index (χ2v) is 10.2. The predicted octanol–water partition coefficient (Wildman–Crippen LogP) is 2.86. The average Bonchev–Trinajstić information content (AvgIpc) is 2.78. The van der Waals surface area contributed by atoms with E-state index in [1.54, 1.807) is 6.07 Å². The van der Waals surface area contributed by atoms with E-state index in [9.17, 15) is 35.6 Å². The van der Waals surface area contributed by atoms with Gasteiger partial charge in [-0.1, -0.05) is 12.1 Å². The van der Waals surface area contributed by atoms with Gasteiger partial charge in [-0.15, -0.1) is 0 Å². The van der Waals surface area contributed by atoms with Crippen LogP contribution in [0, 0.1) is 5.82 Å². The number of rotatable bonds is 7. The Kier molecular flexibility index (Phi) is 8.16. The van der Waals surface area contributed by atoms with Crippen LogP contribution < -0.4 is 10.6 Å². The summed E-state index contributed by atoms with van der Waals surface area (Å²) in [4.78, 5) is 24.1. The summed E-state index contributed by atoms with van der Waals surface area (Å²) >= 11 is 0. The van der Waals surface area contributed by atoms with E-state index < -0.39 is 45.4 Å². The topological polar surface area (TPSA) is 95.6 Å². The number of carbonyl (C=O) groups excluding carboxylic acids is 2. The Hall–Kier alpha value is -2.99. The lowest BCUT2D eigenvalue weighted by atomic mass is 10.0. The number of amides is 2. The second kappa shape index (κ2) is 10.7. The van der Waals surface area contributed by atoms with Crippen molar-refractivity contribution < 1.29 is 35.6 Å². The van der Waals surface area contributed by atoms with Crippen LogP contribution in [0.1, 0.15) is 30.9 Å². The van der Waals surface area contributed by atoms with Crippen molar-refractivity contribution in [3.8, 4) is 0 Å². The minimum Gasteiger partial charge on any atom is -0.351 e. The first-order valence-electron chi connectivity index (χ1n) is 10.9. The van der Waals surface area contributed by atoms with Crippen LogP contribution in [0.15, 0.2) is 53.4 Å². The smallest absolute Gasteiger partial charge is 0.351 e. The van der Waals surface area contributed by atoms with Crippen LogP contribution in [-0.2, 0) is 32.2 Å². The van der Waals surface area contributed by atoms with Gasteiger partial charge < -0.3 is 10.6 Å². The Morgan fingerprint density at radius 2 is 1.71 bits per heavy atom. The highest BCUT2D eigenvalue weighted by atomic mass is 32.2. The highest BCUT2D eigenvalue weighted by Crippen LogP contribution is 2.30. The minimum atomic E-state index is -4.57. The zero-order valence-electron chi connectivity index (χ0n) is 18.8. The molecule has 7 nitrogen and oxygen atoms in total. The van der Waals surface area contributed by atoms with Gasteiger partial charge in [-0.25, -0.2) is 12.8 Å². The van der Waals surface area contributed by atoms with Crippen molar-refractivity contribution in [3.63, 3.8) is 0 Å². The van der Waals surface area contributed by atoms with Gasteiger partial charge in [0, 0.05) is 32.5 Å². The molecule has 1 unspecified atom stereocenters. The summed E-state index contributed by atoms with van der Waals surface area (Å²) in [6.45, 7) is 1.38. The van der Waals surface area contributed by atoms with E-state index in [4.69, 9.17) is 0 Å². The van der Waals surface area contributed by atoms with Crippen molar-refractivity contribution in [2.45, 2.75) is 49.3 Å². The lowest BCUT2D eigenvalue weighted by Crippen LogP contribution is -2.53. The maximum atomic E-state index is 13.5. The highest BCUT2D eigenvalue weighted by molar-refractivity contribution is 7.89. The van der Waals surface area contributed by atoms with Crippen LogP contribution in [0.5, 0.6) is 0 Å². The number of nitrogens with one attached hydrogen (secondary N) is 2. The number of halogens is 4.